The van der Waals surface area contributed by atoms with E-state index in [1.54, 1.807) is 6.20 Å². The number of allylic oxidation sites excluding steroid dienone is 1. The molecule has 3 heterocycles. The second kappa shape index (κ2) is 9.54. The number of carbonyl (C=O) groups is 1. The highest BCUT2D eigenvalue weighted by Crippen LogP contribution is 2.21. The Morgan fingerprint density at radius 3 is 2.69 bits per heavy atom. The van der Waals surface area contributed by atoms with Crippen molar-refractivity contribution in [2.75, 3.05) is 42.5 Å². The highest BCUT2D eigenvalue weighted by atomic mass is 16.1. The van der Waals surface area contributed by atoms with E-state index in [2.05, 4.69) is 31.2 Å². The number of anilines is 2. The van der Waals surface area contributed by atoms with Crippen molar-refractivity contribution in [1.29, 1.82) is 0 Å². The molecular weight excluding hydrogens is 362 g/mol. The summed E-state index contributed by atoms with van der Waals surface area (Å²) in [5.74, 6) is 0.981. The largest absolute Gasteiger partial charge is 0.367 e. The molecule has 4 rings (SSSR count). The number of piperazine rings is 1. The molecule has 0 unspecified atom stereocenters. The fraction of sp³-hybridized carbons (Fsp3) is 0.435. The van der Waals surface area contributed by atoms with Gasteiger partial charge in [0, 0.05) is 45.1 Å². The average Bonchev–Trinajstić information content (AvgIpc) is 2.80. The zero-order valence-electron chi connectivity index (χ0n) is 16.9. The van der Waals surface area contributed by atoms with Gasteiger partial charge in [-0.25, -0.2) is 4.98 Å². The third-order valence-corrected chi connectivity index (χ3v) is 5.72. The van der Waals surface area contributed by atoms with E-state index in [0.717, 1.165) is 44.1 Å². The van der Waals surface area contributed by atoms with Crippen LogP contribution in [0.25, 0.3) is 0 Å². The van der Waals surface area contributed by atoms with E-state index in [4.69, 9.17) is 0 Å². The summed E-state index contributed by atoms with van der Waals surface area (Å²) in [6, 6.07) is 7.96. The predicted octanol–water partition coefficient (Wildman–Crippen LogP) is 3.42. The molecule has 0 aromatic carbocycles. The molecule has 29 heavy (non-hydrogen) atoms. The minimum atomic E-state index is -0.0390. The summed E-state index contributed by atoms with van der Waals surface area (Å²) in [7, 11) is 0. The van der Waals surface area contributed by atoms with Crippen LogP contribution in [0, 0.1) is 0 Å². The fourth-order valence-electron chi connectivity index (χ4n) is 4.03. The van der Waals surface area contributed by atoms with Crippen molar-refractivity contribution < 1.29 is 4.79 Å². The molecule has 0 spiro atoms. The van der Waals surface area contributed by atoms with E-state index in [1.807, 2.05) is 36.7 Å². The molecule has 0 bridgehead atoms. The molecule has 1 aliphatic heterocycles. The Hall–Kier alpha value is -2.89. The minimum Gasteiger partial charge on any atom is -0.367 e. The molecule has 6 heteroatoms. The van der Waals surface area contributed by atoms with Crippen LogP contribution in [0.15, 0.2) is 54.5 Å². The van der Waals surface area contributed by atoms with Gasteiger partial charge in [0.25, 0.3) is 5.91 Å². The fourth-order valence-corrected chi connectivity index (χ4v) is 4.03. The molecule has 1 aliphatic carbocycles. The lowest BCUT2D eigenvalue weighted by Crippen LogP contribution is -2.46. The van der Waals surface area contributed by atoms with Crippen LogP contribution >= 0.6 is 0 Å². The van der Waals surface area contributed by atoms with E-state index in [0.29, 0.717) is 12.1 Å². The van der Waals surface area contributed by atoms with Crippen molar-refractivity contribution in [2.45, 2.75) is 32.1 Å². The maximum absolute atomic E-state index is 12.6. The number of carbonyl (C=O) groups excluding carboxylic acids is 1. The van der Waals surface area contributed by atoms with Crippen LogP contribution in [0.5, 0.6) is 0 Å². The Kier molecular flexibility index (Phi) is 6.39. The lowest BCUT2D eigenvalue weighted by atomic mass is 9.97. The minimum absolute atomic E-state index is 0.0390. The Balaban J connectivity index is 1.30. The number of amides is 1. The van der Waals surface area contributed by atoms with Crippen LogP contribution in [0.2, 0.25) is 0 Å². The standard InChI is InChI=1S/C23H29N5O/c29-23(26-11-9-19-6-2-1-3-7-19)20-16-21(18-24-17-20)27-12-14-28(15-13-27)22-8-4-5-10-25-22/h4-6,8,10,16-18H,1-3,7,9,11-15H2,(H,26,29). The van der Waals surface area contributed by atoms with Crippen molar-refractivity contribution in [3.8, 4) is 0 Å². The molecule has 1 saturated heterocycles. The number of pyridine rings is 2. The van der Waals surface area contributed by atoms with Crippen molar-refractivity contribution in [2.24, 2.45) is 0 Å². The molecular formula is C23H29N5O. The molecule has 2 aliphatic rings. The lowest BCUT2D eigenvalue weighted by Gasteiger charge is -2.36. The second-order valence-electron chi connectivity index (χ2n) is 7.71. The normalized spacial score (nSPS) is 17.0. The summed E-state index contributed by atoms with van der Waals surface area (Å²) in [6.45, 7) is 4.28. The number of hydrogen-bond acceptors (Lipinski definition) is 5. The molecule has 1 fully saturated rings. The molecule has 0 saturated carbocycles. The molecule has 2 aromatic heterocycles. The van der Waals surface area contributed by atoms with Gasteiger partial charge in [-0.1, -0.05) is 17.7 Å². The Morgan fingerprint density at radius 2 is 1.93 bits per heavy atom. The van der Waals surface area contributed by atoms with E-state index in [9.17, 15) is 4.79 Å². The maximum Gasteiger partial charge on any atom is 0.252 e. The van der Waals surface area contributed by atoms with Gasteiger partial charge in [-0.05, 0) is 50.3 Å². The first-order valence-electron chi connectivity index (χ1n) is 10.6. The number of nitrogens with one attached hydrogen (secondary N) is 1. The SMILES string of the molecule is O=C(NCCC1=CCCCC1)c1cncc(N2CCN(c3ccccn3)CC2)c1. The topological polar surface area (TPSA) is 61.4 Å². The first-order chi connectivity index (χ1) is 14.3. The van der Waals surface area contributed by atoms with Gasteiger partial charge in [-0.3, -0.25) is 9.78 Å². The highest BCUT2D eigenvalue weighted by Gasteiger charge is 2.19. The van der Waals surface area contributed by atoms with Crippen molar-refractivity contribution in [3.05, 3.63) is 60.1 Å². The zero-order valence-corrected chi connectivity index (χ0v) is 16.9. The summed E-state index contributed by atoms with van der Waals surface area (Å²) in [5.41, 5.74) is 3.12. The van der Waals surface area contributed by atoms with Gasteiger partial charge in [-0.15, -0.1) is 0 Å². The maximum atomic E-state index is 12.6. The molecule has 2 aromatic rings. The van der Waals surface area contributed by atoms with Crippen LogP contribution in [0.1, 0.15) is 42.5 Å². The quantitative estimate of drug-likeness (QED) is 0.765. The van der Waals surface area contributed by atoms with Gasteiger partial charge in [0.15, 0.2) is 0 Å². The van der Waals surface area contributed by atoms with E-state index < -0.39 is 0 Å². The van der Waals surface area contributed by atoms with Crippen LogP contribution in [-0.4, -0.2) is 48.6 Å². The second-order valence-corrected chi connectivity index (χ2v) is 7.71. The predicted molar refractivity (Wildman–Crippen MR) is 116 cm³/mol. The van der Waals surface area contributed by atoms with Crippen molar-refractivity contribution in [1.82, 2.24) is 15.3 Å². The summed E-state index contributed by atoms with van der Waals surface area (Å²) in [6.07, 6.45) is 13.6. The smallest absolute Gasteiger partial charge is 0.252 e. The highest BCUT2D eigenvalue weighted by molar-refractivity contribution is 5.94. The van der Waals surface area contributed by atoms with Crippen LogP contribution in [0.3, 0.4) is 0 Å². The summed E-state index contributed by atoms with van der Waals surface area (Å²) in [5, 5.41) is 3.05. The van der Waals surface area contributed by atoms with Gasteiger partial charge in [0.1, 0.15) is 5.82 Å². The third-order valence-electron chi connectivity index (χ3n) is 5.72. The van der Waals surface area contributed by atoms with Crippen LogP contribution in [-0.2, 0) is 0 Å². The summed E-state index contributed by atoms with van der Waals surface area (Å²) in [4.78, 5) is 25.9. The molecule has 1 N–H and O–H groups in total. The zero-order chi connectivity index (χ0) is 19.9. The Morgan fingerprint density at radius 1 is 1.07 bits per heavy atom. The summed E-state index contributed by atoms with van der Waals surface area (Å²) < 4.78 is 0. The first kappa shape index (κ1) is 19.4. The van der Waals surface area contributed by atoms with Crippen LogP contribution in [0.4, 0.5) is 11.5 Å². The van der Waals surface area contributed by atoms with Gasteiger partial charge >= 0.3 is 0 Å². The average molecular weight is 392 g/mol. The first-order valence-corrected chi connectivity index (χ1v) is 10.6. The van der Waals surface area contributed by atoms with Gasteiger partial charge in [0.2, 0.25) is 0 Å². The number of nitrogens with zero attached hydrogens (tertiary/aromatic N) is 4. The van der Waals surface area contributed by atoms with Crippen molar-refractivity contribution >= 4 is 17.4 Å². The van der Waals surface area contributed by atoms with Gasteiger partial charge in [0.05, 0.1) is 17.4 Å². The lowest BCUT2D eigenvalue weighted by molar-refractivity contribution is 0.0953. The number of aromatic nitrogens is 2. The third kappa shape index (κ3) is 5.13. The summed E-state index contributed by atoms with van der Waals surface area (Å²) >= 11 is 0. The number of hydrogen-bond donors (Lipinski definition) is 1. The monoisotopic (exact) mass is 391 g/mol. The van der Waals surface area contributed by atoms with E-state index >= 15 is 0 Å². The molecule has 0 atom stereocenters. The van der Waals surface area contributed by atoms with E-state index in [1.165, 1.54) is 31.3 Å². The molecule has 1 amide bonds. The van der Waals surface area contributed by atoms with Crippen molar-refractivity contribution in [3.63, 3.8) is 0 Å². The van der Waals surface area contributed by atoms with Gasteiger partial charge in [-0.2, -0.15) is 0 Å². The molecule has 0 radical (unpaired) electrons. The Labute approximate surface area is 172 Å². The Bertz CT molecular complexity index is 843. The molecule has 152 valence electrons. The van der Waals surface area contributed by atoms with Crippen LogP contribution < -0.4 is 15.1 Å². The van der Waals surface area contributed by atoms with E-state index in [-0.39, 0.29) is 5.91 Å². The van der Waals surface area contributed by atoms with Gasteiger partial charge < -0.3 is 15.1 Å². The molecule has 6 nitrogen and oxygen atoms in total. The number of rotatable bonds is 6.